The van der Waals surface area contributed by atoms with Gasteiger partial charge < -0.3 is 10.8 Å². The van der Waals surface area contributed by atoms with E-state index in [1.54, 1.807) is 18.2 Å². The van der Waals surface area contributed by atoms with Crippen molar-refractivity contribution in [2.75, 3.05) is 5.73 Å². The van der Waals surface area contributed by atoms with Crippen LogP contribution in [0.4, 0.5) is 5.82 Å². The molecule has 0 saturated carbocycles. The normalized spacial score (nSPS) is 10.3. The summed E-state index contributed by atoms with van der Waals surface area (Å²) in [5.74, 6) is -0.945. The van der Waals surface area contributed by atoms with Gasteiger partial charge in [0.25, 0.3) is 0 Å². The first-order chi connectivity index (χ1) is 8.47. The van der Waals surface area contributed by atoms with E-state index in [-0.39, 0.29) is 11.4 Å². The van der Waals surface area contributed by atoms with Gasteiger partial charge in [-0.1, -0.05) is 23.2 Å². The molecule has 0 atom stereocenters. The van der Waals surface area contributed by atoms with Gasteiger partial charge in [0.2, 0.25) is 0 Å². The molecule has 4 nitrogen and oxygen atoms in total. The van der Waals surface area contributed by atoms with Crippen molar-refractivity contribution in [1.29, 1.82) is 0 Å². The number of aromatic carboxylic acids is 1. The van der Waals surface area contributed by atoms with Crippen LogP contribution in [-0.4, -0.2) is 16.1 Å². The zero-order valence-electron chi connectivity index (χ0n) is 9.02. The minimum Gasteiger partial charge on any atom is -0.478 e. The van der Waals surface area contributed by atoms with Crippen LogP contribution in [0, 0.1) is 0 Å². The molecule has 0 spiro atoms. The van der Waals surface area contributed by atoms with Gasteiger partial charge in [-0.05, 0) is 29.8 Å². The smallest absolute Gasteiger partial charge is 0.336 e. The van der Waals surface area contributed by atoms with Crippen LogP contribution in [0.5, 0.6) is 0 Å². The van der Waals surface area contributed by atoms with Gasteiger partial charge in [-0.3, -0.25) is 0 Å². The highest BCUT2D eigenvalue weighted by Gasteiger charge is 2.13. The lowest BCUT2D eigenvalue weighted by atomic mass is 10.0. The molecule has 0 saturated heterocycles. The number of hydrogen-bond acceptors (Lipinski definition) is 3. The van der Waals surface area contributed by atoms with Crippen LogP contribution < -0.4 is 5.73 Å². The van der Waals surface area contributed by atoms with Crippen molar-refractivity contribution in [3.05, 3.63) is 46.1 Å². The van der Waals surface area contributed by atoms with Crippen LogP contribution in [0.3, 0.4) is 0 Å². The molecule has 6 heteroatoms. The van der Waals surface area contributed by atoms with E-state index in [1.807, 2.05) is 0 Å². The molecule has 18 heavy (non-hydrogen) atoms. The van der Waals surface area contributed by atoms with E-state index in [1.165, 1.54) is 12.3 Å². The predicted molar refractivity (Wildman–Crippen MR) is 71.1 cm³/mol. The van der Waals surface area contributed by atoms with Gasteiger partial charge in [0.1, 0.15) is 5.82 Å². The molecule has 0 amide bonds. The van der Waals surface area contributed by atoms with Crippen LogP contribution >= 0.6 is 23.2 Å². The second-order valence-electron chi connectivity index (χ2n) is 3.62. The van der Waals surface area contributed by atoms with E-state index in [4.69, 9.17) is 34.0 Å². The van der Waals surface area contributed by atoms with E-state index in [2.05, 4.69) is 4.98 Å². The first-order valence-electron chi connectivity index (χ1n) is 4.92. The third-order valence-corrected chi connectivity index (χ3v) is 2.77. The summed E-state index contributed by atoms with van der Waals surface area (Å²) in [6.45, 7) is 0. The Morgan fingerprint density at radius 1 is 1.17 bits per heavy atom. The Balaban J connectivity index is 2.66. The standard InChI is InChI=1S/C12H8Cl2N2O2/c13-7-1-6(2-8(14)3-7)10-5-16-11(15)4-9(10)12(17)18/h1-5H,(H2,15,16)(H,17,18). The predicted octanol–water partition coefficient (Wildman–Crippen LogP) is 3.34. The van der Waals surface area contributed by atoms with Gasteiger partial charge >= 0.3 is 5.97 Å². The molecule has 1 aromatic carbocycles. The molecule has 92 valence electrons. The molecule has 0 aliphatic rings. The van der Waals surface area contributed by atoms with Crippen molar-refractivity contribution in [2.45, 2.75) is 0 Å². The number of nitrogen functional groups attached to an aromatic ring is 1. The Kier molecular flexibility index (Phi) is 3.41. The summed E-state index contributed by atoms with van der Waals surface area (Å²) in [6, 6.07) is 6.10. The SMILES string of the molecule is Nc1cc(C(=O)O)c(-c2cc(Cl)cc(Cl)c2)cn1. The van der Waals surface area contributed by atoms with E-state index in [9.17, 15) is 4.79 Å². The van der Waals surface area contributed by atoms with Crippen molar-refractivity contribution < 1.29 is 9.90 Å². The lowest BCUT2D eigenvalue weighted by molar-refractivity contribution is 0.0697. The average Bonchev–Trinajstić information content (AvgIpc) is 2.27. The Bertz CT molecular complexity index is 609. The summed E-state index contributed by atoms with van der Waals surface area (Å²) in [5, 5.41) is 9.98. The Hall–Kier alpha value is -1.78. The van der Waals surface area contributed by atoms with E-state index in [0.717, 1.165) is 0 Å². The van der Waals surface area contributed by atoms with Gasteiger partial charge in [-0.25, -0.2) is 9.78 Å². The second-order valence-corrected chi connectivity index (χ2v) is 4.49. The quantitative estimate of drug-likeness (QED) is 0.886. The number of halogens is 2. The maximum atomic E-state index is 11.2. The molecule has 1 aromatic heterocycles. The highest BCUT2D eigenvalue weighted by Crippen LogP contribution is 2.29. The maximum Gasteiger partial charge on any atom is 0.336 e. The highest BCUT2D eigenvalue weighted by atomic mass is 35.5. The summed E-state index contributed by atoms with van der Waals surface area (Å²) in [5.41, 5.74) is 6.53. The van der Waals surface area contributed by atoms with E-state index >= 15 is 0 Å². The number of carboxylic acid groups (broad SMARTS) is 1. The van der Waals surface area contributed by atoms with Crippen molar-refractivity contribution in [3.63, 3.8) is 0 Å². The monoisotopic (exact) mass is 282 g/mol. The van der Waals surface area contributed by atoms with Crippen LogP contribution in [-0.2, 0) is 0 Å². The van der Waals surface area contributed by atoms with E-state index < -0.39 is 5.97 Å². The Morgan fingerprint density at radius 2 is 1.78 bits per heavy atom. The average molecular weight is 283 g/mol. The fourth-order valence-corrected chi connectivity index (χ4v) is 2.11. The minimum atomic E-state index is -1.09. The molecular weight excluding hydrogens is 275 g/mol. The summed E-state index contributed by atoms with van der Waals surface area (Å²) in [7, 11) is 0. The molecule has 0 fully saturated rings. The topological polar surface area (TPSA) is 76.2 Å². The summed E-state index contributed by atoms with van der Waals surface area (Å²) in [6.07, 6.45) is 1.39. The molecule has 0 aliphatic heterocycles. The van der Waals surface area contributed by atoms with Gasteiger partial charge in [0, 0.05) is 21.8 Å². The lowest BCUT2D eigenvalue weighted by Crippen LogP contribution is -2.02. The molecule has 0 bridgehead atoms. The van der Waals surface area contributed by atoms with Crippen LogP contribution in [0.2, 0.25) is 10.0 Å². The fourth-order valence-electron chi connectivity index (χ4n) is 1.59. The molecule has 0 unspecified atom stereocenters. The maximum absolute atomic E-state index is 11.2. The van der Waals surface area contributed by atoms with Crippen molar-refractivity contribution >= 4 is 35.0 Å². The summed E-state index contributed by atoms with van der Waals surface area (Å²) in [4.78, 5) is 15.1. The van der Waals surface area contributed by atoms with Gasteiger partial charge in [-0.2, -0.15) is 0 Å². The van der Waals surface area contributed by atoms with Crippen molar-refractivity contribution in [2.24, 2.45) is 0 Å². The number of aromatic nitrogens is 1. The molecule has 2 rings (SSSR count). The number of hydrogen-bond donors (Lipinski definition) is 2. The van der Waals surface area contributed by atoms with Gasteiger partial charge in [0.15, 0.2) is 0 Å². The number of carboxylic acids is 1. The van der Waals surface area contributed by atoms with Crippen LogP contribution in [0.25, 0.3) is 11.1 Å². The molecule has 2 aromatic rings. The molecule has 3 N–H and O–H groups in total. The van der Waals surface area contributed by atoms with Crippen LogP contribution in [0.15, 0.2) is 30.5 Å². The third kappa shape index (κ3) is 2.55. The number of nitrogens with zero attached hydrogens (tertiary/aromatic N) is 1. The molecule has 1 heterocycles. The van der Waals surface area contributed by atoms with Gasteiger partial charge in [0.05, 0.1) is 5.56 Å². The highest BCUT2D eigenvalue weighted by molar-refractivity contribution is 6.35. The largest absolute Gasteiger partial charge is 0.478 e. The number of nitrogens with two attached hydrogens (primary N) is 1. The molecular formula is C12H8Cl2N2O2. The number of rotatable bonds is 2. The van der Waals surface area contributed by atoms with Crippen LogP contribution in [0.1, 0.15) is 10.4 Å². The number of carbonyl (C=O) groups is 1. The lowest BCUT2D eigenvalue weighted by Gasteiger charge is -2.07. The zero-order chi connectivity index (χ0) is 13.3. The second kappa shape index (κ2) is 4.84. The zero-order valence-corrected chi connectivity index (χ0v) is 10.5. The first kappa shape index (κ1) is 12.7. The van der Waals surface area contributed by atoms with Gasteiger partial charge in [-0.15, -0.1) is 0 Å². The molecule has 0 aliphatic carbocycles. The van der Waals surface area contributed by atoms with Crippen molar-refractivity contribution in [3.8, 4) is 11.1 Å². The first-order valence-corrected chi connectivity index (χ1v) is 5.68. The van der Waals surface area contributed by atoms with Crippen molar-refractivity contribution in [1.82, 2.24) is 4.98 Å². The summed E-state index contributed by atoms with van der Waals surface area (Å²) < 4.78 is 0. The fraction of sp³-hybridized carbons (Fsp3) is 0. The number of anilines is 1. The number of benzene rings is 1. The number of pyridine rings is 1. The minimum absolute atomic E-state index is 0.0563. The Morgan fingerprint density at radius 3 is 2.33 bits per heavy atom. The molecule has 0 radical (unpaired) electrons. The van der Waals surface area contributed by atoms with E-state index in [0.29, 0.717) is 21.2 Å². The third-order valence-electron chi connectivity index (χ3n) is 2.33. The Labute approximate surface area is 113 Å². The summed E-state index contributed by atoms with van der Waals surface area (Å²) >= 11 is 11.8.